The topological polar surface area (TPSA) is 90.1 Å². The molecule has 0 atom stereocenters. The molecule has 2 aromatic carbocycles. The van der Waals surface area contributed by atoms with Gasteiger partial charge < -0.3 is 9.72 Å². The lowest BCUT2D eigenvalue weighted by atomic mass is 10.2. The normalized spacial score (nSPS) is 11.7. The van der Waals surface area contributed by atoms with E-state index in [0.717, 1.165) is 33.3 Å². The Kier molecular flexibility index (Phi) is 4.24. The van der Waals surface area contributed by atoms with Crippen LogP contribution in [-0.4, -0.2) is 36.2 Å². The minimum atomic E-state index is -0.0477. The number of nitrogens with zero attached hydrogens (tertiary/aromatic N) is 5. The third-order valence-electron chi connectivity index (χ3n) is 4.90. The van der Waals surface area contributed by atoms with Crippen molar-refractivity contribution in [3.05, 3.63) is 58.6 Å². The van der Waals surface area contributed by atoms with Crippen molar-refractivity contribution in [2.24, 2.45) is 0 Å². The first-order chi connectivity index (χ1) is 14.2. The van der Waals surface area contributed by atoms with Crippen LogP contribution >= 0.6 is 11.8 Å². The van der Waals surface area contributed by atoms with Crippen LogP contribution in [-0.2, 0) is 12.3 Å². The SMILES string of the molecule is CCn1c(=O)c2ccccc2n2c(CSc3nc4ccc(OC)cc4[nH]3)nnc12. The average molecular weight is 406 g/mol. The van der Waals surface area contributed by atoms with Gasteiger partial charge in [-0.1, -0.05) is 23.9 Å². The second-order valence-corrected chi connectivity index (χ2v) is 7.50. The molecular formula is C20H18N6O2S. The van der Waals surface area contributed by atoms with E-state index in [1.54, 1.807) is 23.4 Å². The lowest BCUT2D eigenvalue weighted by Gasteiger charge is -2.09. The van der Waals surface area contributed by atoms with Crippen molar-refractivity contribution in [1.82, 2.24) is 29.1 Å². The van der Waals surface area contributed by atoms with E-state index >= 15 is 0 Å². The van der Waals surface area contributed by atoms with Crippen LogP contribution in [0.1, 0.15) is 12.7 Å². The van der Waals surface area contributed by atoms with Gasteiger partial charge in [-0.05, 0) is 31.2 Å². The van der Waals surface area contributed by atoms with Crippen molar-refractivity contribution in [3.63, 3.8) is 0 Å². The van der Waals surface area contributed by atoms with Gasteiger partial charge in [0.25, 0.3) is 5.56 Å². The van der Waals surface area contributed by atoms with Gasteiger partial charge in [-0.15, -0.1) is 10.2 Å². The summed E-state index contributed by atoms with van der Waals surface area (Å²) in [4.78, 5) is 20.7. The van der Waals surface area contributed by atoms with E-state index in [1.165, 1.54) is 0 Å². The number of hydrogen-bond donors (Lipinski definition) is 1. The first-order valence-corrected chi connectivity index (χ1v) is 10.2. The number of thioether (sulfide) groups is 1. The summed E-state index contributed by atoms with van der Waals surface area (Å²) < 4.78 is 8.87. The molecule has 0 radical (unpaired) electrons. The average Bonchev–Trinajstić information content (AvgIpc) is 3.36. The van der Waals surface area contributed by atoms with Gasteiger partial charge in [0.05, 0.1) is 34.8 Å². The largest absolute Gasteiger partial charge is 0.497 e. The number of aromatic amines is 1. The van der Waals surface area contributed by atoms with E-state index in [4.69, 9.17) is 4.74 Å². The second kappa shape index (κ2) is 6.93. The van der Waals surface area contributed by atoms with Gasteiger partial charge >= 0.3 is 0 Å². The van der Waals surface area contributed by atoms with E-state index < -0.39 is 0 Å². The fourth-order valence-electron chi connectivity index (χ4n) is 3.49. The molecule has 0 unspecified atom stereocenters. The summed E-state index contributed by atoms with van der Waals surface area (Å²) in [6.07, 6.45) is 0. The minimum Gasteiger partial charge on any atom is -0.497 e. The fourth-order valence-corrected chi connectivity index (χ4v) is 4.28. The number of H-pyrrole nitrogens is 1. The van der Waals surface area contributed by atoms with E-state index in [1.807, 2.05) is 53.8 Å². The summed E-state index contributed by atoms with van der Waals surface area (Å²) in [5.74, 6) is 2.66. The molecule has 0 saturated heterocycles. The van der Waals surface area contributed by atoms with Gasteiger partial charge in [0.1, 0.15) is 11.6 Å². The molecule has 146 valence electrons. The van der Waals surface area contributed by atoms with Crippen LogP contribution < -0.4 is 10.3 Å². The van der Waals surface area contributed by atoms with Gasteiger partial charge in [-0.25, -0.2) is 4.98 Å². The molecule has 5 aromatic rings. The van der Waals surface area contributed by atoms with Gasteiger partial charge in [-0.2, -0.15) is 0 Å². The third kappa shape index (κ3) is 2.85. The Morgan fingerprint density at radius 2 is 2.03 bits per heavy atom. The van der Waals surface area contributed by atoms with Crippen molar-refractivity contribution >= 4 is 39.5 Å². The molecule has 0 bridgehead atoms. The molecule has 0 aliphatic rings. The number of para-hydroxylation sites is 1. The highest BCUT2D eigenvalue weighted by Gasteiger charge is 2.16. The molecule has 0 spiro atoms. The number of ether oxygens (including phenoxy) is 1. The van der Waals surface area contributed by atoms with Gasteiger partial charge in [-0.3, -0.25) is 13.8 Å². The molecular weight excluding hydrogens is 388 g/mol. The van der Waals surface area contributed by atoms with Crippen molar-refractivity contribution in [2.75, 3.05) is 7.11 Å². The lowest BCUT2D eigenvalue weighted by molar-refractivity contribution is 0.415. The number of aryl methyl sites for hydroxylation is 1. The summed E-state index contributed by atoms with van der Waals surface area (Å²) in [7, 11) is 1.64. The summed E-state index contributed by atoms with van der Waals surface area (Å²) in [5.41, 5.74) is 2.56. The van der Waals surface area contributed by atoms with Crippen LogP contribution in [0.5, 0.6) is 5.75 Å². The quantitative estimate of drug-likeness (QED) is 0.451. The number of nitrogens with one attached hydrogen (secondary N) is 1. The van der Waals surface area contributed by atoms with Crippen molar-refractivity contribution in [2.45, 2.75) is 24.4 Å². The molecule has 3 heterocycles. The zero-order valence-electron chi connectivity index (χ0n) is 15.9. The molecule has 3 aromatic heterocycles. The molecule has 8 nitrogen and oxygen atoms in total. The maximum absolute atomic E-state index is 12.8. The molecule has 0 amide bonds. The third-order valence-corrected chi connectivity index (χ3v) is 5.77. The minimum absolute atomic E-state index is 0.0477. The van der Waals surface area contributed by atoms with E-state index in [2.05, 4.69) is 20.2 Å². The standard InChI is InChI=1S/C20H18N6O2S/c1-3-25-18(27)13-6-4-5-7-16(13)26-17(23-24-20(25)26)11-29-19-21-14-9-8-12(28-2)10-15(14)22-19/h4-10H,3,11H2,1-2H3,(H,21,22). The maximum Gasteiger partial charge on any atom is 0.262 e. The number of fused-ring (bicyclic) bond motifs is 4. The number of rotatable bonds is 5. The number of aromatic nitrogens is 6. The van der Waals surface area contributed by atoms with Crippen LogP contribution in [0.4, 0.5) is 0 Å². The van der Waals surface area contributed by atoms with Crippen LogP contribution in [0.25, 0.3) is 27.7 Å². The number of methoxy groups -OCH3 is 1. The second-order valence-electron chi connectivity index (χ2n) is 6.53. The van der Waals surface area contributed by atoms with Crippen molar-refractivity contribution < 1.29 is 4.74 Å². The molecule has 0 fully saturated rings. The number of imidazole rings is 1. The predicted octanol–water partition coefficient (Wildman–Crippen LogP) is 3.24. The lowest BCUT2D eigenvalue weighted by Crippen LogP contribution is -2.22. The van der Waals surface area contributed by atoms with E-state index in [0.29, 0.717) is 23.5 Å². The molecule has 9 heteroatoms. The molecule has 1 N–H and O–H groups in total. The summed E-state index contributed by atoms with van der Waals surface area (Å²) in [5, 5.41) is 10.1. The summed E-state index contributed by atoms with van der Waals surface area (Å²) >= 11 is 1.54. The Bertz CT molecular complexity index is 1420. The number of hydrogen-bond acceptors (Lipinski definition) is 6. The smallest absolute Gasteiger partial charge is 0.262 e. The Morgan fingerprint density at radius 3 is 2.86 bits per heavy atom. The van der Waals surface area contributed by atoms with Gasteiger partial charge in [0.15, 0.2) is 5.16 Å². The van der Waals surface area contributed by atoms with Gasteiger partial charge in [0.2, 0.25) is 5.78 Å². The molecule has 0 aliphatic heterocycles. The van der Waals surface area contributed by atoms with Crippen LogP contribution in [0.15, 0.2) is 52.4 Å². The van der Waals surface area contributed by atoms with Crippen molar-refractivity contribution in [1.29, 1.82) is 0 Å². The summed E-state index contributed by atoms with van der Waals surface area (Å²) in [6, 6.07) is 13.3. The van der Waals surface area contributed by atoms with E-state index in [-0.39, 0.29) is 5.56 Å². The Labute approximate surface area is 169 Å². The van der Waals surface area contributed by atoms with Gasteiger partial charge in [0, 0.05) is 12.6 Å². The predicted molar refractivity (Wildman–Crippen MR) is 113 cm³/mol. The molecule has 0 saturated carbocycles. The zero-order valence-corrected chi connectivity index (χ0v) is 16.7. The maximum atomic E-state index is 12.8. The van der Waals surface area contributed by atoms with Crippen LogP contribution in [0, 0.1) is 0 Å². The highest BCUT2D eigenvalue weighted by molar-refractivity contribution is 7.98. The van der Waals surface area contributed by atoms with Crippen LogP contribution in [0.3, 0.4) is 0 Å². The van der Waals surface area contributed by atoms with Crippen molar-refractivity contribution in [3.8, 4) is 5.75 Å². The molecule has 29 heavy (non-hydrogen) atoms. The number of benzene rings is 2. The Hall–Kier alpha value is -3.33. The fraction of sp³-hybridized carbons (Fsp3) is 0.200. The highest BCUT2D eigenvalue weighted by Crippen LogP contribution is 2.26. The first-order valence-electron chi connectivity index (χ1n) is 9.21. The highest BCUT2D eigenvalue weighted by atomic mass is 32.2. The Morgan fingerprint density at radius 1 is 1.17 bits per heavy atom. The molecule has 5 rings (SSSR count). The zero-order chi connectivity index (χ0) is 20.0. The van der Waals surface area contributed by atoms with Crippen LogP contribution in [0.2, 0.25) is 0 Å². The van der Waals surface area contributed by atoms with E-state index in [9.17, 15) is 4.79 Å². The first kappa shape index (κ1) is 17.7. The Balaban J connectivity index is 1.56. The monoisotopic (exact) mass is 406 g/mol. The molecule has 0 aliphatic carbocycles. The summed E-state index contributed by atoms with van der Waals surface area (Å²) in [6.45, 7) is 2.46.